The molecule has 0 aromatic heterocycles. The molecule has 2 aromatic rings. The van der Waals surface area contributed by atoms with Crippen molar-refractivity contribution in [3.8, 4) is 11.5 Å². The van der Waals surface area contributed by atoms with Crippen LogP contribution in [-0.4, -0.2) is 34.4 Å². The van der Waals surface area contributed by atoms with Crippen LogP contribution in [0.2, 0.25) is 0 Å². The van der Waals surface area contributed by atoms with Crippen LogP contribution in [0.5, 0.6) is 11.5 Å². The summed E-state index contributed by atoms with van der Waals surface area (Å²) in [7, 11) is 0. The lowest BCUT2D eigenvalue weighted by atomic mass is 10.1. The molecule has 0 atom stereocenters. The summed E-state index contributed by atoms with van der Waals surface area (Å²) in [6.07, 6.45) is -3.04. The number of benzene rings is 2. The van der Waals surface area contributed by atoms with E-state index in [0.717, 1.165) is 36.0 Å². The number of hydrogen-bond acceptors (Lipinski definition) is 7. The maximum Gasteiger partial charge on any atom is 0.416 e. The first kappa shape index (κ1) is 24.2. The summed E-state index contributed by atoms with van der Waals surface area (Å²) in [5, 5.41) is 21.2. The Labute approximate surface area is 192 Å². The summed E-state index contributed by atoms with van der Waals surface area (Å²) in [6.45, 7) is 3.74. The molecule has 0 aliphatic carbocycles. The maximum absolute atomic E-state index is 12.8. The topological polar surface area (TPSA) is 88.4 Å². The molecule has 0 fully saturated rings. The van der Waals surface area contributed by atoms with Gasteiger partial charge in [-0.1, -0.05) is 23.9 Å². The SMILES string of the molecule is CCOC(=O)C1=C(O)/C(=C\c2cccc(OCC)c2O)SC1=Nc1ccc(C(F)(F)F)cc1. The summed E-state index contributed by atoms with van der Waals surface area (Å²) in [5.41, 5.74) is -0.565. The molecule has 2 aromatic carbocycles. The molecule has 33 heavy (non-hydrogen) atoms. The zero-order valence-corrected chi connectivity index (χ0v) is 18.5. The van der Waals surface area contributed by atoms with Crippen LogP contribution in [0.25, 0.3) is 6.08 Å². The lowest BCUT2D eigenvalue weighted by Gasteiger charge is -2.08. The minimum absolute atomic E-state index is 0.0457. The van der Waals surface area contributed by atoms with E-state index in [-0.39, 0.29) is 39.3 Å². The lowest BCUT2D eigenvalue weighted by Crippen LogP contribution is -2.12. The number of hydrogen-bond donors (Lipinski definition) is 2. The number of ether oxygens (including phenoxy) is 2. The molecule has 1 aliphatic rings. The number of esters is 1. The molecule has 0 unspecified atom stereocenters. The molecule has 0 bridgehead atoms. The number of rotatable bonds is 6. The van der Waals surface area contributed by atoms with Gasteiger partial charge in [0.05, 0.1) is 29.4 Å². The van der Waals surface area contributed by atoms with Crippen molar-refractivity contribution in [2.75, 3.05) is 13.2 Å². The fraction of sp³-hybridized carbons (Fsp3) is 0.217. The molecule has 0 amide bonds. The van der Waals surface area contributed by atoms with Crippen molar-refractivity contribution in [3.05, 3.63) is 69.8 Å². The van der Waals surface area contributed by atoms with E-state index in [4.69, 9.17) is 9.47 Å². The molecule has 3 rings (SSSR count). The van der Waals surface area contributed by atoms with Crippen LogP contribution in [0, 0.1) is 0 Å². The third-order valence-electron chi connectivity index (χ3n) is 4.41. The van der Waals surface area contributed by atoms with Crippen LogP contribution in [0.4, 0.5) is 18.9 Å². The van der Waals surface area contributed by atoms with Crippen molar-refractivity contribution in [1.82, 2.24) is 0 Å². The van der Waals surface area contributed by atoms with Crippen molar-refractivity contribution in [2.24, 2.45) is 4.99 Å². The van der Waals surface area contributed by atoms with Gasteiger partial charge < -0.3 is 19.7 Å². The van der Waals surface area contributed by atoms with Gasteiger partial charge in [-0.05, 0) is 50.3 Å². The van der Waals surface area contributed by atoms with Gasteiger partial charge in [-0.15, -0.1) is 0 Å². The minimum Gasteiger partial charge on any atom is -0.506 e. The van der Waals surface area contributed by atoms with Crippen molar-refractivity contribution >= 4 is 34.5 Å². The predicted molar refractivity (Wildman–Crippen MR) is 120 cm³/mol. The number of halogens is 3. The first-order chi connectivity index (χ1) is 15.7. The van der Waals surface area contributed by atoms with E-state index in [1.807, 2.05) is 0 Å². The summed E-state index contributed by atoms with van der Waals surface area (Å²) in [4.78, 5) is 16.9. The first-order valence-corrected chi connectivity index (χ1v) is 10.7. The number of alkyl halides is 3. The number of phenolic OH excluding ortho intramolecular Hbond substituents is 1. The smallest absolute Gasteiger partial charge is 0.416 e. The van der Waals surface area contributed by atoms with E-state index in [0.29, 0.717) is 12.2 Å². The highest BCUT2D eigenvalue weighted by molar-refractivity contribution is 8.18. The van der Waals surface area contributed by atoms with Crippen LogP contribution >= 0.6 is 11.8 Å². The molecule has 1 heterocycles. The number of phenols is 1. The Morgan fingerprint density at radius 1 is 1.09 bits per heavy atom. The molecule has 1 aliphatic heterocycles. The van der Waals surface area contributed by atoms with Crippen LogP contribution in [0.3, 0.4) is 0 Å². The predicted octanol–water partition coefficient (Wildman–Crippen LogP) is 6.00. The van der Waals surface area contributed by atoms with E-state index in [1.165, 1.54) is 6.08 Å². The average Bonchev–Trinajstić information content (AvgIpc) is 3.05. The van der Waals surface area contributed by atoms with E-state index in [9.17, 15) is 28.2 Å². The van der Waals surface area contributed by atoms with E-state index in [1.54, 1.807) is 32.0 Å². The number of aromatic hydroxyl groups is 1. The number of aliphatic hydroxyl groups excluding tert-OH is 1. The third kappa shape index (κ3) is 5.51. The summed E-state index contributed by atoms with van der Waals surface area (Å²) >= 11 is 0.920. The Morgan fingerprint density at radius 2 is 1.79 bits per heavy atom. The maximum atomic E-state index is 12.8. The van der Waals surface area contributed by atoms with Gasteiger partial charge in [-0.3, -0.25) is 0 Å². The van der Waals surface area contributed by atoms with Crippen LogP contribution in [0.1, 0.15) is 25.0 Å². The van der Waals surface area contributed by atoms with E-state index >= 15 is 0 Å². The van der Waals surface area contributed by atoms with Gasteiger partial charge in [-0.25, -0.2) is 9.79 Å². The van der Waals surface area contributed by atoms with Gasteiger partial charge >= 0.3 is 12.1 Å². The van der Waals surface area contributed by atoms with Crippen LogP contribution < -0.4 is 4.74 Å². The highest BCUT2D eigenvalue weighted by Gasteiger charge is 2.34. The molecular formula is C23H20F3NO5S. The Kier molecular flexibility index (Phi) is 7.37. The second-order valence-electron chi connectivity index (χ2n) is 6.64. The normalized spacial score (nSPS) is 16.5. The molecule has 0 spiro atoms. The first-order valence-electron chi connectivity index (χ1n) is 9.87. The highest BCUT2D eigenvalue weighted by Crippen LogP contribution is 2.42. The number of thioether (sulfide) groups is 1. The fourth-order valence-electron chi connectivity index (χ4n) is 2.90. The molecule has 0 radical (unpaired) electrons. The minimum atomic E-state index is -4.49. The van der Waals surface area contributed by atoms with Crippen molar-refractivity contribution < 1.29 is 37.7 Å². The molecule has 6 nitrogen and oxygen atoms in total. The second kappa shape index (κ2) is 10.0. The number of carbonyl (C=O) groups is 1. The number of aliphatic hydroxyl groups is 1. The zero-order chi connectivity index (χ0) is 24.2. The number of carbonyl (C=O) groups excluding carboxylic acids is 1. The van der Waals surface area contributed by atoms with Crippen molar-refractivity contribution in [2.45, 2.75) is 20.0 Å². The van der Waals surface area contributed by atoms with Crippen molar-refractivity contribution in [3.63, 3.8) is 0 Å². The highest BCUT2D eigenvalue weighted by atomic mass is 32.2. The van der Waals surface area contributed by atoms with Crippen molar-refractivity contribution in [1.29, 1.82) is 0 Å². The number of nitrogens with zero attached hydrogens (tertiary/aromatic N) is 1. The van der Waals surface area contributed by atoms with Crippen LogP contribution in [-0.2, 0) is 15.7 Å². The van der Waals surface area contributed by atoms with Gasteiger partial charge in [-0.2, -0.15) is 13.2 Å². The molecule has 0 saturated carbocycles. The Hall–Kier alpha value is -3.40. The van der Waals surface area contributed by atoms with Crippen LogP contribution in [0.15, 0.2) is 63.7 Å². The molecule has 174 valence electrons. The Balaban J connectivity index is 2.03. The molecule has 10 heteroatoms. The summed E-state index contributed by atoms with van der Waals surface area (Å²) < 4.78 is 48.8. The lowest BCUT2D eigenvalue weighted by molar-refractivity contribution is -0.138. The van der Waals surface area contributed by atoms with Gasteiger partial charge in [0.2, 0.25) is 0 Å². The molecular weight excluding hydrogens is 459 g/mol. The number of para-hydroxylation sites is 1. The van der Waals surface area contributed by atoms with Gasteiger partial charge in [0.1, 0.15) is 16.4 Å². The van der Waals surface area contributed by atoms with Gasteiger partial charge in [0.15, 0.2) is 11.5 Å². The largest absolute Gasteiger partial charge is 0.506 e. The Morgan fingerprint density at radius 3 is 2.39 bits per heavy atom. The second-order valence-corrected chi connectivity index (χ2v) is 7.67. The van der Waals surface area contributed by atoms with Gasteiger partial charge in [0, 0.05) is 5.56 Å². The molecule has 2 N–H and O–H groups in total. The van der Waals surface area contributed by atoms with E-state index in [2.05, 4.69) is 4.99 Å². The zero-order valence-electron chi connectivity index (χ0n) is 17.6. The monoisotopic (exact) mass is 479 g/mol. The standard InChI is InChI=1S/C23H20F3NO5S/c1-3-31-16-7-5-6-13(19(16)28)12-17-20(29)18(22(30)32-4-2)21(33-17)27-15-10-8-14(9-11-15)23(24,25)26/h5-12,28-29H,3-4H2,1-2H3/b17-12+,27-21?. The average molecular weight is 479 g/mol. The Bertz CT molecular complexity index is 1140. The quantitative estimate of drug-likeness (QED) is 0.494. The molecule has 0 saturated heterocycles. The summed E-state index contributed by atoms with van der Waals surface area (Å²) in [5.74, 6) is -1.14. The van der Waals surface area contributed by atoms with E-state index < -0.39 is 23.5 Å². The van der Waals surface area contributed by atoms with Gasteiger partial charge in [0.25, 0.3) is 0 Å². The fourth-order valence-corrected chi connectivity index (χ4v) is 3.93. The number of aliphatic imine (C=N–C) groups is 1. The summed E-state index contributed by atoms with van der Waals surface area (Å²) in [6, 6.07) is 8.90. The third-order valence-corrected chi connectivity index (χ3v) is 5.43.